The van der Waals surface area contributed by atoms with Crippen LogP contribution in [0.25, 0.3) is 10.9 Å². The summed E-state index contributed by atoms with van der Waals surface area (Å²) in [6, 6.07) is 11.6. The van der Waals surface area contributed by atoms with Crippen molar-refractivity contribution in [1.29, 1.82) is 0 Å². The molecule has 0 bridgehead atoms. The summed E-state index contributed by atoms with van der Waals surface area (Å²) in [5.74, 6) is -0.0183. The Bertz CT molecular complexity index is 842. The maximum Gasteiger partial charge on any atom is 0.270 e. The number of rotatable bonds is 6. The lowest BCUT2D eigenvalue weighted by atomic mass is 10.2. The molecule has 0 spiro atoms. The van der Waals surface area contributed by atoms with Crippen molar-refractivity contribution in [2.24, 2.45) is 7.05 Å². The predicted molar refractivity (Wildman–Crippen MR) is 98.9 cm³/mol. The van der Waals surface area contributed by atoms with E-state index in [-0.39, 0.29) is 5.91 Å². The predicted octanol–water partition coefficient (Wildman–Crippen LogP) is 4.18. The van der Waals surface area contributed by atoms with Gasteiger partial charge in [-0.05, 0) is 23.6 Å². The molecule has 0 saturated carbocycles. The number of nitrogens with zero attached hydrogens (tertiary/aromatic N) is 2. The van der Waals surface area contributed by atoms with Gasteiger partial charge in [-0.3, -0.25) is 4.79 Å². The molecule has 126 valence electrons. The molecule has 6 heteroatoms. The molecule has 2 aromatic heterocycles. The number of ether oxygens (including phenoxy) is 1. The average Bonchev–Trinajstić information content (AvgIpc) is 3.19. The fourth-order valence-electron chi connectivity index (χ4n) is 2.78. The van der Waals surface area contributed by atoms with Gasteiger partial charge in [0.2, 0.25) is 0 Å². The molecule has 0 radical (unpaired) electrons. The van der Waals surface area contributed by atoms with Crippen LogP contribution in [0.5, 0.6) is 0 Å². The summed E-state index contributed by atoms with van der Waals surface area (Å²) in [6.07, 6.45) is 0. The number of thiophene rings is 1. The van der Waals surface area contributed by atoms with E-state index < -0.39 is 0 Å². The van der Waals surface area contributed by atoms with E-state index in [1.807, 2.05) is 58.3 Å². The zero-order chi connectivity index (χ0) is 17.1. The van der Waals surface area contributed by atoms with E-state index in [0.717, 1.165) is 15.8 Å². The number of fused-ring (bicyclic) bond motifs is 1. The van der Waals surface area contributed by atoms with Gasteiger partial charge >= 0.3 is 0 Å². The Hall–Kier alpha value is -1.82. The molecule has 1 amide bonds. The first kappa shape index (κ1) is 17.0. The van der Waals surface area contributed by atoms with Crippen molar-refractivity contribution in [2.75, 3.05) is 20.3 Å². The number of benzene rings is 1. The molecule has 3 rings (SSSR count). The van der Waals surface area contributed by atoms with Gasteiger partial charge in [0.05, 0.1) is 23.7 Å². The highest BCUT2D eigenvalue weighted by atomic mass is 35.5. The Morgan fingerprint density at radius 3 is 2.83 bits per heavy atom. The SMILES string of the molecule is COCCN(Cc1cccs1)C(=O)c1cc2cccc(Cl)c2n1C. The van der Waals surface area contributed by atoms with Gasteiger partial charge in [-0.25, -0.2) is 0 Å². The molecular formula is C18H19ClN2O2S. The summed E-state index contributed by atoms with van der Waals surface area (Å²) in [5, 5.41) is 3.64. The lowest BCUT2D eigenvalue weighted by Gasteiger charge is -2.22. The molecular weight excluding hydrogens is 344 g/mol. The first-order valence-corrected chi connectivity index (χ1v) is 8.92. The van der Waals surface area contributed by atoms with E-state index in [1.54, 1.807) is 18.4 Å². The molecule has 0 aliphatic rings. The first-order chi connectivity index (χ1) is 11.6. The number of aryl methyl sites for hydroxylation is 1. The van der Waals surface area contributed by atoms with Crippen molar-refractivity contribution in [1.82, 2.24) is 9.47 Å². The van der Waals surface area contributed by atoms with Crippen LogP contribution in [0, 0.1) is 0 Å². The van der Waals surface area contributed by atoms with Crippen LogP contribution in [0.4, 0.5) is 0 Å². The van der Waals surface area contributed by atoms with Crippen LogP contribution in [0.15, 0.2) is 41.8 Å². The fourth-order valence-corrected chi connectivity index (χ4v) is 3.81. The van der Waals surface area contributed by atoms with Crippen molar-refractivity contribution in [2.45, 2.75) is 6.54 Å². The van der Waals surface area contributed by atoms with Gasteiger partial charge in [-0.2, -0.15) is 0 Å². The van der Waals surface area contributed by atoms with Crippen molar-refractivity contribution in [3.05, 3.63) is 57.4 Å². The molecule has 3 aromatic rings. The minimum absolute atomic E-state index is 0.0183. The zero-order valence-corrected chi connectivity index (χ0v) is 15.2. The molecule has 1 aromatic carbocycles. The molecule has 0 unspecified atom stereocenters. The first-order valence-electron chi connectivity index (χ1n) is 7.66. The summed E-state index contributed by atoms with van der Waals surface area (Å²) < 4.78 is 7.04. The maximum absolute atomic E-state index is 13.1. The van der Waals surface area contributed by atoms with Crippen molar-refractivity contribution in [3.8, 4) is 0 Å². The van der Waals surface area contributed by atoms with Gasteiger partial charge in [-0.1, -0.05) is 29.8 Å². The molecule has 0 atom stereocenters. The quantitative estimate of drug-likeness (QED) is 0.659. The minimum Gasteiger partial charge on any atom is -0.383 e. The number of carbonyl (C=O) groups is 1. The number of para-hydroxylation sites is 1. The normalized spacial score (nSPS) is 11.1. The van der Waals surface area contributed by atoms with Crippen LogP contribution >= 0.6 is 22.9 Å². The fraction of sp³-hybridized carbons (Fsp3) is 0.278. The van der Waals surface area contributed by atoms with E-state index in [4.69, 9.17) is 16.3 Å². The standard InChI is InChI=1S/C18H19ClN2O2S/c1-20-16(11-13-5-3-7-15(19)17(13)20)18(22)21(8-9-23-2)12-14-6-4-10-24-14/h3-7,10-11H,8-9,12H2,1-2H3. The third kappa shape index (κ3) is 3.34. The van der Waals surface area contributed by atoms with Crippen LogP contribution in [-0.2, 0) is 18.3 Å². The molecule has 0 aliphatic carbocycles. The molecule has 0 N–H and O–H groups in total. The van der Waals surface area contributed by atoms with E-state index in [2.05, 4.69) is 0 Å². The highest BCUT2D eigenvalue weighted by Crippen LogP contribution is 2.27. The largest absolute Gasteiger partial charge is 0.383 e. The van der Waals surface area contributed by atoms with Crippen LogP contribution < -0.4 is 0 Å². The summed E-state index contributed by atoms with van der Waals surface area (Å²) in [6.45, 7) is 1.62. The highest BCUT2D eigenvalue weighted by Gasteiger charge is 2.21. The number of halogens is 1. The highest BCUT2D eigenvalue weighted by molar-refractivity contribution is 7.09. The summed E-state index contributed by atoms with van der Waals surface area (Å²) in [4.78, 5) is 16.1. The Morgan fingerprint density at radius 2 is 2.17 bits per heavy atom. The zero-order valence-electron chi connectivity index (χ0n) is 13.7. The van der Waals surface area contributed by atoms with Crippen molar-refractivity contribution in [3.63, 3.8) is 0 Å². The Labute approximate surface area is 150 Å². The Morgan fingerprint density at radius 1 is 1.33 bits per heavy atom. The molecule has 24 heavy (non-hydrogen) atoms. The van der Waals surface area contributed by atoms with Gasteiger partial charge < -0.3 is 14.2 Å². The second kappa shape index (κ2) is 7.38. The summed E-state index contributed by atoms with van der Waals surface area (Å²) in [7, 11) is 3.52. The van der Waals surface area contributed by atoms with E-state index in [0.29, 0.717) is 30.4 Å². The van der Waals surface area contributed by atoms with Gasteiger partial charge in [0, 0.05) is 31.0 Å². The second-order valence-corrected chi connectivity index (χ2v) is 7.00. The number of aromatic nitrogens is 1. The van der Waals surface area contributed by atoms with E-state index in [1.165, 1.54) is 0 Å². The number of hydrogen-bond acceptors (Lipinski definition) is 3. The molecule has 4 nitrogen and oxygen atoms in total. The lowest BCUT2D eigenvalue weighted by molar-refractivity contribution is 0.0673. The third-order valence-corrected chi connectivity index (χ3v) is 5.17. The second-order valence-electron chi connectivity index (χ2n) is 5.57. The maximum atomic E-state index is 13.1. The smallest absolute Gasteiger partial charge is 0.270 e. The molecule has 2 heterocycles. The van der Waals surface area contributed by atoms with E-state index >= 15 is 0 Å². The van der Waals surface area contributed by atoms with E-state index in [9.17, 15) is 4.79 Å². The van der Waals surface area contributed by atoms with Gasteiger partial charge in [-0.15, -0.1) is 11.3 Å². The lowest BCUT2D eigenvalue weighted by Crippen LogP contribution is -2.34. The van der Waals surface area contributed by atoms with Crippen molar-refractivity contribution >= 4 is 39.7 Å². The number of amides is 1. The van der Waals surface area contributed by atoms with Crippen LogP contribution in [0.1, 0.15) is 15.4 Å². The molecule has 0 fully saturated rings. The summed E-state index contributed by atoms with van der Waals surface area (Å²) >= 11 is 7.94. The minimum atomic E-state index is -0.0183. The van der Waals surface area contributed by atoms with Crippen LogP contribution in [-0.4, -0.2) is 35.6 Å². The Balaban J connectivity index is 1.94. The summed E-state index contributed by atoms with van der Waals surface area (Å²) in [5.41, 5.74) is 1.51. The molecule has 0 aliphatic heterocycles. The number of carbonyl (C=O) groups excluding carboxylic acids is 1. The Kier molecular flexibility index (Phi) is 5.23. The molecule has 0 saturated heterocycles. The number of hydrogen-bond donors (Lipinski definition) is 0. The third-order valence-electron chi connectivity index (χ3n) is 4.01. The van der Waals surface area contributed by atoms with Gasteiger partial charge in [0.25, 0.3) is 5.91 Å². The van der Waals surface area contributed by atoms with Gasteiger partial charge in [0.1, 0.15) is 5.69 Å². The average molecular weight is 363 g/mol. The monoisotopic (exact) mass is 362 g/mol. The van der Waals surface area contributed by atoms with Gasteiger partial charge in [0.15, 0.2) is 0 Å². The van der Waals surface area contributed by atoms with Crippen LogP contribution in [0.2, 0.25) is 5.02 Å². The topological polar surface area (TPSA) is 34.5 Å². The van der Waals surface area contributed by atoms with Crippen LogP contribution in [0.3, 0.4) is 0 Å². The number of methoxy groups -OCH3 is 1. The van der Waals surface area contributed by atoms with Crippen molar-refractivity contribution < 1.29 is 9.53 Å².